The second kappa shape index (κ2) is 10.1. The van der Waals surface area contributed by atoms with E-state index in [0.717, 1.165) is 3.57 Å². The fraction of sp³-hybridized carbons (Fsp3) is 0.238. The van der Waals surface area contributed by atoms with Gasteiger partial charge >= 0.3 is 5.97 Å². The summed E-state index contributed by atoms with van der Waals surface area (Å²) in [6, 6.07) is 14.0. The molecule has 1 N–H and O–H groups in total. The van der Waals surface area contributed by atoms with Crippen LogP contribution < -0.4 is 5.32 Å². The highest BCUT2D eigenvalue weighted by Gasteiger charge is 2.34. The standard InChI is InChI=1S/C21H20IN3O4S/c1-3-29-20(28)13-4-8-15(9-5-13)23-19(27)17-12-18(26)25(2)21(30-17)24-16-10-6-14(22)7-11-16/h4-11,17H,3,12H2,1-2H3,(H,23,27). The molecule has 0 aromatic heterocycles. The molecule has 156 valence electrons. The van der Waals surface area contributed by atoms with Crippen LogP contribution >= 0.6 is 34.4 Å². The van der Waals surface area contributed by atoms with Crippen molar-refractivity contribution in [2.24, 2.45) is 4.99 Å². The van der Waals surface area contributed by atoms with Crippen molar-refractivity contribution >= 4 is 68.7 Å². The van der Waals surface area contributed by atoms with Gasteiger partial charge in [0.1, 0.15) is 5.25 Å². The molecule has 2 aromatic rings. The first-order valence-corrected chi connectivity index (χ1v) is 11.2. The molecule has 9 heteroatoms. The smallest absolute Gasteiger partial charge is 0.338 e. The lowest BCUT2D eigenvalue weighted by molar-refractivity contribution is -0.128. The van der Waals surface area contributed by atoms with E-state index in [-0.39, 0.29) is 18.2 Å². The lowest BCUT2D eigenvalue weighted by atomic mass is 10.2. The molecule has 1 atom stereocenters. The van der Waals surface area contributed by atoms with Gasteiger partial charge in [-0.1, -0.05) is 11.8 Å². The number of ether oxygens (including phenoxy) is 1. The van der Waals surface area contributed by atoms with Crippen LogP contribution in [-0.4, -0.2) is 46.8 Å². The highest BCUT2D eigenvalue weighted by molar-refractivity contribution is 14.1. The van der Waals surface area contributed by atoms with Gasteiger partial charge in [0.15, 0.2) is 5.17 Å². The third-order valence-electron chi connectivity index (χ3n) is 4.28. The SMILES string of the molecule is CCOC(=O)c1ccc(NC(=O)C2CC(=O)N(C)C(=Nc3ccc(I)cc3)S2)cc1. The predicted octanol–water partition coefficient (Wildman–Crippen LogP) is 4.06. The van der Waals surface area contributed by atoms with E-state index >= 15 is 0 Å². The Morgan fingerprint density at radius 1 is 1.20 bits per heavy atom. The van der Waals surface area contributed by atoms with Crippen molar-refractivity contribution in [3.8, 4) is 0 Å². The van der Waals surface area contributed by atoms with Crippen molar-refractivity contribution in [2.75, 3.05) is 19.0 Å². The number of esters is 1. The van der Waals surface area contributed by atoms with E-state index < -0.39 is 11.2 Å². The summed E-state index contributed by atoms with van der Waals surface area (Å²) >= 11 is 3.46. The zero-order valence-electron chi connectivity index (χ0n) is 16.4. The Labute approximate surface area is 192 Å². The normalized spacial score (nSPS) is 17.7. The number of anilines is 1. The van der Waals surface area contributed by atoms with Crippen LogP contribution in [0.4, 0.5) is 11.4 Å². The Morgan fingerprint density at radius 3 is 2.50 bits per heavy atom. The lowest BCUT2D eigenvalue weighted by Gasteiger charge is -2.28. The number of rotatable bonds is 5. The van der Waals surface area contributed by atoms with Crippen molar-refractivity contribution in [3.05, 3.63) is 57.7 Å². The van der Waals surface area contributed by atoms with Gasteiger partial charge in [-0.25, -0.2) is 9.79 Å². The monoisotopic (exact) mass is 537 g/mol. The van der Waals surface area contributed by atoms with Gasteiger partial charge in [0.25, 0.3) is 0 Å². The van der Waals surface area contributed by atoms with Gasteiger partial charge in [0.2, 0.25) is 11.8 Å². The van der Waals surface area contributed by atoms with Gasteiger partial charge in [-0.05, 0) is 78.0 Å². The summed E-state index contributed by atoms with van der Waals surface area (Å²) in [5, 5.41) is 2.68. The Hall–Kier alpha value is -2.40. The summed E-state index contributed by atoms with van der Waals surface area (Å²) < 4.78 is 6.03. The number of halogens is 1. The first-order valence-electron chi connectivity index (χ1n) is 9.23. The van der Waals surface area contributed by atoms with Crippen LogP contribution in [0, 0.1) is 3.57 Å². The largest absolute Gasteiger partial charge is 0.462 e. The molecule has 30 heavy (non-hydrogen) atoms. The predicted molar refractivity (Wildman–Crippen MR) is 126 cm³/mol. The number of carbonyl (C=O) groups excluding carboxylic acids is 3. The number of amidine groups is 1. The van der Waals surface area contributed by atoms with E-state index in [9.17, 15) is 14.4 Å². The zero-order valence-corrected chi connectivity index (χ0v) is 19.4. The topological polar surface area (TPSA) is 88.1 Å². The molecule has 7 nitrogen and oxygen atoms in total. The molecule has 0 radical (unpaired) electrons. The Kier molecular flexibility index (Phi) is 7.48. The Balaban J connectivity index is 1.70. The second-order valence-electron chi connectivity index (χ2n) is 6.42. The van der Waals surface area contributed by atoms with Crippen molar-refractivity contribution in [2.45, 2.75) is 18.6 Å². The molecule has 2 amide bonds. The van der Waals surface area contributed by atoms with Crippen molar-refractivity contribution in [1.29, 1.82) is 0 Å². The lowest BCUT2D eigenvalue weighted by Crippen LogP contribution is -2.43. The number of amides is 2. The van der Waals surface area contributed by atoms with Gasteiger partial charge < -0.3 is 10.1 Å². The summed E-state index contributed by atoms with van der Waals surface area (Å²) in [6.07, 6.45) is 0.0830. The molecular weight excluding hydrogens is 517 g/mol. The first kappa shape index (κ1) is 22.3. The average molecular weight is 537 g/mol. The zero-order chi connectivity index (χ0) is 21.7. The number of hydrogen-bond acceptors (Lipinski definition) is 6. The van der Waals surface area contributed by atoms with Gasteiger partial charge in [-0.2, -0.15) is 0 Å². The molecule has 2 aromatic carbocycles. The van der Waals surface area contributed by atoms with Gasteiger partial charge in [0, 0.05) is 22.7 Å². The summed E-state index contributed by atoms with van der Waals surface area (Å²) in [7, 11) is 1.66. The van der Waals surface area contributed by atoms with E-state index in [0.29, 0.717) is 28.7 Å². The number of nitrogens with one attached hydrogen (secondary N) is 1. The van der Waals surface area contributed by atoms with E-state index in [1.165, 1.54) is 16.7 Å². The Bertz CT molecular complexity index is 977. The maximum atomic E-state index is 12.7. The van der Waals surface area contributed by atoms with Crippen LogP contribution in [0.2, 0.25) is 0 Å². The molecule has 1 heterocycles. The molecule has 0 saturated carbocycles. The molecule has 3 rings (SSSR count). The van der Waals surface area contributed by atoms with Crippen molar-refractivity contribution in [3.63, 3.8) is 0 Å². The van der Waals surface area contributed by atoms with Crippen LogP contribution in [0.3, 0.4) is 0 Å². The summed E-state index contributed by atoms with van der Waals surface area (Å²) in [6.45, 7) is 2.04. The third-order valence-corrected chi connectivity index (χ3v) is 6.24. The maximum Gasteiger partial charge on any atom is 0.338 e. The van der Waals surface area contributed by atoms with Crippen LogP contribution in [0.25, 0.3) is 0 Å². The van der Waals surface area contributed by atoms with E-state index in [1.54, 1.807) is 38.2 Å². The summed E-state index contributed by atoms with van der Waals surface area (Å²) in [5.74, 6) is -0.875. The number of thioether (sulfide) groups is 1. The second-order valence-corrected chi connectivity index (χ2v) is 8.84. The van der Waals surface area contributed by atoms with E-state index in [4.69, 9.17) is 4.74 Å². The average Bonchev–Trinajstić information content (AvgIpc) is 2.73. The van der Waals surface area contributed by atoms with Crippen LogP contribution in [0.5, 0.6) is 0 Å². The van der Waals surface area contributed by atoms with Gasteiger partial charge in [-0.3, -0.25) is 14.5 Å². The number of nitrogens with zero attached hydrogens (tertiary/aromatic N) is 2. The minimum Gasteiger partial charge on any atom is -0.462 e. The molecule has 1 saturated heterocycles. The minimum absolute atomic E-state index is 0.0830. The highest BCUT2D eigenvalue weighted by atomic mass is 127. The third kappa shape index (κ3) is 5.60. The fourth-order valence-corrected chi connectivity index (χ4v) is 4.07. The molecule has 0 spiro atoms. The van der Waals surface area contributed by atoms with E-state index in [2.05, 4.69) is 32.9 Å². The van der Waals surface area contributed by atoms with Crippen molar-refractivity contribution in [1.82, 2.24) is 4.90 Å². The fourth-order valence-electron chi connectivity index (χ4n) is 2.65. The van der Waals surface area contributed by atoms with Gasteiger partial charge in [-0.15, -0.1) is 0 Å². The maximum absolute atomic E-state index is 12.7. The summed E-state index contributed by atoms with van der Waals surface area (Å²) in [5.41, 5.74) is 1.66. The molecule has 1 fully saturated rings. The van der Waals surface area contributed by atoms with Crippen molar-refractivity contribution < 1.29 is 19.1 Å². The number of benzene rings is 2. The minimum atomic E-state index is -0.596. The highest BCUT2D eigenvalue weighted by Crippen LogP contribution is 2.29. The quantitative estimate of drug-likeness (QED) is 0.460. The molecule has 0 aliphatic carbocycles. The number of aliphatic imine (C=N–C) groups is 1. The van der Waals surface area contributed by atoms with Gasteiger partial charge in [0.05, 0.1) is 17.9 Å². The molecule has 1 unspecified atom stereocenters. The molecule has 1 aliphatic heterocycles. The van der Waals surface area contributed by atoms with Crippen LogP contribution in [0.1, 0.15) is 23.7 Å². The number of hydrogen-bond donors (Lipinski definition) is 1. The van der Waals surface area contributed by atoms with Crippen LogP contribution in [0.15, 0.2) is 53.5 Å². The Morgan fingerprint density at radius 2 is 1.87 bits per heavy atom. The number of carbonyl (C=O) groups is 3. The molecule has 1 aliphatic rings. The molecule has 0 bridgehead atoms. The first-order chi connectivity index (χ1) is 14.4. The summed E-state index contributed by atoms with van der Waals surface area (Å²) in [4.78, 5) is 42.9. The van der Waals surface area contributed by atoms with E-state index in [1.807, 2.05) is 24.3 Å². The van der Waals surface area contributed by atoms with Crippen LogP contribution in [-0.2, 0) is 14.3 Å². The molecular formula is C21H20IN3O4S.